The molecule has 2 aromatic heterocycles. The first-order chi connectivity index (χ1) is 10.8. The lowest BCUT2D eigenvalue weighted by Crippen LogP contribution is -2.08. The highest BCUT2D eigenvalue weighted by atomic mass is 19.4. The molecule has 0 radical (unpaired) electrons. The number of aliphatic carboxylic acids is 1. The molecule has 0 saturated heterocycles. The number of hydrogen-bond acceptors (Lipinski definition) is 2. The Balaban J connectivity index is 1.77. The third-order valence-corrected chi connectivity index (χ3v) is 3.74. The van der Waals surface area contributed by atoms with Gasteiger partial charge in [-0.3, -0.25) is 0 Å². The van der Waals surface area contributed by atoms with Crippen LogP contribution in [0.4, 0.5) is 13.2 Å². The van der Waals surface area contributed by atoms with E-state index < -0.39 is 17.8 Å². The quantitative estimate of drug-likeness (QED) is 0.905. The number of hydrogen-bond donors (Lipinski definition) is 2. The molecule has 0 fully saturated rings. The van der Waals surface area contributed by atoms with Gasteiger partial charge in [-0.15, -0.1) is 0 Å². The second kappa shape index (κ2) is 5.57. The zero-order chi connectivity index (χ0) is 16.6. The summed E-state index contributed by atoms with van der Waals surface area (Å²) in [6.45, 7) is 0. The minimum atomic E-state index is -4.46. The lowest BCUT2D eigenvalue weighted by atomic mass is 9.93. The van der Waals surface area contributed by atoms with E-state index >= 15 is 0 Å². The first kappa shape index (κ1) is 15.3. The first-order valence-corrected chi connectivity index (χ1v) is 7.00. The van der Waals surface area contributed by atoms with Gasteiger partial charge in [-0.1, -0.05) is 18.2 Å². The average Bonchev–Trinajstić information content (AvgIpc) is 2.88. The van der Waals surface area contributed by atoms with Crippen LogP contribution in [-0.4, -0.2) is 21.0 Å². The predicted molar refractivity (Wildman–Crippen MR) is 77.8 cm³/mol. The Morgan fingerprint density at radius 3 is 2.78 bits per heavy atom. The van der Waals surface area contributed by atoms with Gasteiger partial charge in [0.1, 0.15) is 5.69 Å². The highest BCUT2D eigenvalue weighted by molar-refractivity contribution is 5.90. The number of fused-ring (bicyclic) bond motifs is 1. The number of aromatic amines is 1. The van der Waals surface area contributed by atoms with E-state index in [1.807, 2.05) is 6.08 Å². The number of rotatable bonds is 3. The number of nitrogens with zero attached hydrogens (tertiary/aromatic N) is 1. The lowest BCUT2D eigenvalue weighted by molar-refractivity contribution is -0.141. The van der Waals surface area contributed by atoms with Crippen LogP contribution in [0.2, 0.25) is 0 Å². The van der Waals surface area contributed by atoms with E-state index in [9.17, 15) is 18.0 Å². The van der Waals surface area contributed by atoms with Crippen molar-refractivity contribution in [3.8, 4) is 0 Å². The molecule has 3 rings (SSSR count). The molecule has 4 nitrogen and oxygen atoms in total. The maximum atomic E-state index is 12.7. The Morgan fingerprint density at radius 1 is 1.39 bits per heavy atom. The van der Waals surface area contributed by atoms with E-state index in [0.717, 1.165) is 11.8 Å². The van der Waals surface area contributed by atoms with Crippen molar-refractivity contribution in [1.82, 2.24) is 9.97 Å². The minimum Gasteiger partial charge on any atom is -0.478 e. The molecule has 1 aliphatic rings. The minimum absolute atomic E-state index is 0.105. The highest BCUT2D eigenvalue weighted by Crippen LogP contribution is 2.29. The number of aromatic nitrogens is 2. The van der Waals surface area contributed by atoms with E-state index in [1.54, 1.807) is 18.2 Å². The van der Waals surface area contributed by atoms with Gasteiger partial charge in [0.05, 0.1) is 16.6 Å². The molecular weight excluding hydrogens is 309 g/mol. The molecule has 0 saturated carbocycles. The second-order valence-electron chi connectivity index (χ2n) is 5.45. The molecule has 1 atom stereocenters. The van der Waals surface area contributed by atoms with Gasteiger partial charge < -0.3 is 10.1 Å². The van der Waals surface area contributed by atoms with Crippen LogP contribution in [0, 0.1) is 5.92 Å². The van der Waals surface area contributed by atoms with Gasteiger partial charge in [-0.2, -0.15) is 13.2 Å². The maximum absolute atomic E-state index is 12.7. The van der Waals surface area contributed by atoms with Crippen molar-refractivity contribution in [3.63, 3.8) is 0 Å². The van der Waals surface area contributed by atoms with E-state index in [-0.39, 0.29) is 17.0 Å². The van der Waals surface area contributed by atoms with Crippen LogP contribution in [-0.2, 0) is 17.4 Å². The SMILES string of the molecule is O=C(O)C1=CCC(Cc2cc3nc(C(F)(F)F)ccc3[nH]2)C=C1. The number of carboxylic acids is 1. The molecule has 0 aliphatic heterocycles. The smallest absolute Gasteiger partial charge is 0.433 e. The van der Waals surface area contributed by atoms with E-state index in [2.05, 4.69) is 9.97 Å². The molecule has 7 heteroatoms. The fourth-order valence-corrected chi connectivity index (χ4v) is 2.59. The summed E-state index contributed by atoms with van der Waals surface area (Å²) in [5.74, 6) is -0.859. The zero-order valence-corrected chi connectivity index (χ0v) is 11.9. The normalized spacial score (nSPS) is 18.2. The van der Waals surface area contributed by atoms with Crippen LogP contribution in [0.15, 0.2) is 42.0 Å². The average molecular weight is 322 g/mol. The number of H-pyrrole nitrogens is 1. The van der Waals surface area contributed by atoms with Gasteiger partial charge in [-0.25, -0.2) is 9.78 Å². The van der Waals surface area contributed by atoms with Gasteiger partial charge in [0.15, 0.2) is 0 Å². The molecule has 0 bridgehead atoms. The van der Waals surface area contributed by atoms with Gasteiger partial charge in [-0.05, 0) is 37.0 Å². The van der Waals surface area contributed by atoms with E-state index in [1.165, 1.54) is 6.07 Å². The van der Waals surface area contributed by atoms with Crippen LogP contribution in [0.3, 0.4) is 0 Å². The second-order valence-corrected chi connectivity index (χ2v) is 5.45. The molecule has 0 aromatic carbocycles. The summed E-state index contributed by atoms with van der Waals surface area (Å²) in [6, 6.07) is 3.92. The molecule has 2 N–H and O–H groups in total. The van der Waals surface area contributed by atoms with Crippen LogP contribution in [0.25, 0.3) is 11.0 Å². The molecule has 2 heterocycles. The van der Waals surface area contributed by atoms with Crippen molar-refractivity contribution in [1.29, 1.82) is 0 Å². The third kappa shape index (κ3) is 3.28. The summed E-state index contributed by atoms with van der Waals surface area (Å²) >= 11 is 0. The zero-order valence-electron chi connectivity index (χ0n) is 11.9. The molecule has 1 aliphatic carbocycles. The van der Waals surface area contributed by atoms with E-state index in [4.69, 9.17) is 5.11 Å². The summed E-state index contributed by atoms with van der Waals surface area (Å²) in [6.07, 6.45) is 1.71. The van der Waals surface area contributed by atoms with Crippen molar-refractivity contribution in [2.45, 2.75) is 19.0 Å². The molecule has 1 unspecified atom stereocenters. The van der Waals surface area contributed by atoms with Crippen LogP contribution >= 0.6 is 0 Å². The van der Waals surface area contributed by atoms with Gasteiger partial charge in [0.2, 0.25) is 0 Å². The first-order valence-electron chi connectivity index (χ1n) is 7.00. The Hall–Kier alpha value is -2.57. The molecular formula is C16H13F3N2O2. The number of pyridine rings is 1. The molecule has 2 aromatic rings. The molecule has 0 spiro atoms. The Morgan fingerprint density at radius 2 is 2.17 bits per heavy atom. The van der Waals surface area contributed by atoms with Gasteiger partial charge in [0.25, 0.3) is 0 Å². The molecule has 120 valence electrons. The number of carbonyl (C=O) groups is 1. The number of alkyl halides is 3. The van der Waals surface area contributed by atoms with Crippen LogP contribution < -0.4 is 0 Å². The summed E-state index contributed by atoms with van der Waals surface area (Å²) < 4.78 is 38.0. The Bertz CT molecular complexity index is 818. The van der Waals surface area contributed by atoms with Crippen molar-refractivity contribution >= 4 is 17.0 Å². The summed E-state index contributed by atoms with van der Waals surface area (Å²) in [7, 11) is 0. The summed E-state index contributed by atoms with van der Waals surface area (Å²) in [5.41, 5.74) is 0.941. The predicted octanol–water partition coefficient (Wildman–Crippen LogP) is 3.71. The monoisotopic (exact) mass is 322 g/mol. The van der Waals surface area contributed by atoms with E-state index in [0.29, 0.717) is 18.4 Å². The topological polar surface area (TPSA) is 66.0 Å². The number of allylic oxidation sites excluding steroid dienone is 2. The number of nitrogens with one attached hydrogen (secondary N) is 1. The number of carboxylic acid groups (broad SMARTS) is 1. The maximum Gasteiger partial charge on any atom is 0.433 e. The Kier molecular flexibility index (Phi) is 3.71. The summed E-state index contributed by atoms with van der Waals surface area (Å²) in [5, 5.41) is 8.88. The van der Waals surface area contributed by atoms with Crippen LogP contribution in [0.1, 0.15) is 17.8 Å². The van der Waals surface area contributed by atoms with Crippen molar-refractivity contribution in [3.05, 3.63) is 53.4 Å². The molecule has 23 heavy (non-hydrogen) atoms. The van der Waals surface area contributed by atoms with Gasteiger partial charge >= 0.3 is 12.1 Å². The molecule has 0 amide bonds. The standard InChI is InChI=1S/C16H13F3N2O2/c17-16(18,19)14-6-5-12-13(21-14)8-11(20-12)7-9-1-3-10(4-2-9)15(22)23/h1,3-6,8-9,20H,2,7H2,(H,22,23). The van der Waals surface area contributed by atoms with Crippen molar-refractivity contribution in [2.24, 2.45) is 5.92 Å². The Labute approximate surface area is 129 Å². The highest BCUT2D eigenvalue weighted by Gasteiger charge is 2.32. The van der Waals surface area contributed by atoms with Gasteiger partial charge in [0, 0.05) is 5.69 Å². The largest absolute Gasteiger partial charge is 0.478 e. The van der Waals surface area contributed by atoms with Crippen molar-refractivity contribution in [2.75, 3.05) is 0 Å². The fraction of sp³-hybridized carbons (Fsp3) is 0.250. The summed E-state index contributed by atoms with van der Waals surface area (Å²) in [4.78, 5) is 17.5. The third-order valence-electron chi connectivity index (χ3n) is 3.74. The fourth-order valence-electron chi connectivity index (χ4n) is 2.59. The lowest BCUT2D eigenvalue weighted by Gasteiger charge is -2.13. The van der Waals surface area contributed by atoms with Crippen molar-refractivity contribution < 1.29 is 23.1 Å². The number of halogens is 3. The van der Waals surface area contributed by atoms with Crippen LogP contribution in [0.5, 0.6) is 0 Å².